The van der Waals surface area contributed by atoms with Gasteiger partial charge < -0.3 is 5.32 Å². The van der Waals surface area contributed by atoms with Crippen LogP contribution in [0.4, 0.5) is 4.39 Å². The molecule has 0 unspecified atom stereocenters. The third-order valence-electron chi connectivity index (χ3n) is 3.55. The lowest BCUT2D eigenvalue weighted by atomic mass is 10.1. The van der Waals surface area contributed by atoms with Crippen LogP contribution in [-0.4, -0.2) is 32.5 Å². The number of halogens is 1. The fraction of sp³-hybridized carbons (Fsp3) is 0.294. The Labute approximate surface area is 146 Å². The first-order chi connectivity index (χ1) is 11.8. The molecule has 0 fully saturated rings. The van der Waals surface area contributed by atoms with Crippen LogP contribution < -0.4 is 10.0 Å². The Hall–Kier alpha value is -2.32. The predicted molar refractivity (Wildman–Crippen MR) is 92.5 cm³/mol. The second kappa shape index (κ2) is 8.17. The van der Waals surface area contributed by atoms with E-state index in [0.29, 0.717) is 0 Å². The molecule has 0 spiro atoms. The van der Waals surface area contributed by atoms with Crippen LogP contribution in [0.1, 0.15) is 34.6 Å². The van der Waals surface area contributed by atoms with Crippen LogP contribution in [0.5, 0.6) is 0 Å². The summed E-state index contributed by atoms with van der Waals surface area (Å²) in [6.07, 6.45) is 1.61. The van der Waals surface area contributed by atoms with Crippen molar-refractivity contribution in [3.8, 4) is 0 Å². The van der Waals surface area contributed by atoms with Gasteiger partial charge in [0.1, 0.15) is 6.67 Å². The first kappa shape index (κ1) is 19.0. The van der Waals surface area contributed by atoms with Gasteiger partial charge in [0.05, 0.1) is 4.90 Å². The molecule has 8 heteroatoms. The lowest BCUT2D eigenvalue weighted by molar-refractivity contribution is 0.0950. The van der Waals surface area contributed by atoms with Crippen molar-refractivity contribution in [3.05, 3.63) is 59.4 Å². The molecule has 1 atom stereocenters. The average Bonchev–Trinajstić information content (AvgIpc) is 2.60. The zero-order chi connectivity index (χ0) is 18.4. The summed E-state index contributed by atoms with van der Waals surface area (Å²) in [5.74, 6) is -0.523. The van der Waals surface area contributed by atoms with Gasteiger partial charge in [0.25, 0.3) is 5.91 Å². The summed E-state index contributed by atoms with van der Waals surface area (Å²) >= 11 is 0. The number of sulfonamides is 1. The van der Waals surface area contributed by atoms with Crippen LogP contribution in [0.3, 0.4) is 0 Å². The van der Waals surface area contributed by atoms with Crippen LogP contribution >= 0.6 is 0 Å². The van der Waals surface area contributed by atoms with E-state index in [1.807, 2.05) is 6.92 Å². The molecule has 25 heavy (non-hydrogen) atoms. The number of nitrogens with one attached hydrogen (secondary N) is 2. The van der Waals surface area contributed by atoms with Gasteiger partial charge in [-0.15, -0.1) is 0 Å². The maximum atomic E-state index is 12.5. The van der Waals surface area contributed by atoms with E-state index in [1.165, 1.54) is 24.3 Å². The van der Waals surface area contributed by atoms with Gasteiger partial charge in [0.15, 0.2) is 0 Å². The molecular formula is C17H20FN3O3S. The number of nitrogens with zero attached hydrogens (tertiary/aromatic N) is 1. The summed E-state index contributed by atoms with van der Waals surface area (Å²) < 4.78 is 39.8. The fourth-order valence-electron chi connectivity index (χ4n) is 2.17. The summed E-state index contributed by atoms with van der Waals surface area (Å²) in [6.45, 7) is 2.75. The molecule has 0 aliphatic heterocycles. The molecule has 1 aromatic heterocycles. The number of rotatable bonds is 7. The summed E-state index contributed by atoms with van der Waals surface area (Å²) in [5.41, 5.74) is 1.72. The molecule has 1 amide bonds. The number of hydrogen-bond donors (Lipinski definition) is 2. The quantitative estimate of drug-likeness (QED) is 0.787. The zero-order valence-corrected chi connectivity index (χ0v) is 14.8. The molecule has 2 N–H and O–H groups in total. The highest BCUT2D eigenvalue weighted by Crippen LogP contribution is 2.17. The molecule has 0 aliphatic rings. The van der Waals surface area contributed by atoms with Crippen LogP contribution in [0.15, 0.2) is 47.5 Å². The van der Waals surface area contributed by atoms with Gasteiger partial charge in [-0.05, 0) is 43.7 Å². The lowest BCUT2D eigenvalue weighted by Crippen LogP contribution is -2.28. The minimum atomic E-state index is -3.83. The number of carbonyl (C=O) groups is 1. The summed E-state index contributed by atoms with van der Waals surface area (Å²) in [5, 5.41) is 2.36. The van der Waals surface area contributed by atoms with E-state index in [-0.39, 0.29) is 17.0 Å². The highest BCUT2D eigenvalue weighted by atomic mass is 32.2. The third kappa shape index (κ3) is 5.07. The number of aryl methyl sites for hydroxylation is 1. The maximum Gasteiger partial charge on any atom is 0.251 e. The first-order valence-corrected chi connectivity index (χ1v) is 9.21. The van der Waals surface area contributed by atoms with Gasteiger partial charge >= 0.3 is 0 Å². The number of carbonyl (C=O) groups excluding carboxylic acids is 1. The standard InChI is InChI=1S/C17H20FN3O3S/c1-12-6-7-15(11-20-12)13(2)21-25(23,24)16-5-3-4-14(10-16)17(22)19-9-8-18/h3-7,10-11,13,21H,8-9H2,1-2H3,(H,19,22)/t13-/m0/s1. The zero-order valence-electron chi connectivity index (χ0n) is 14.0. The summed E-state index contributed by atoms with van der Waals surface area (Å²) in [6, 6.07) is 8.72. The van der Waals surface area contributed by atoms with Gasteiger partial charge in [0.2, 0.25) is 10.0 Å². The van der Waals surface area contributed by atoms with Crippen molar-refractivity contribution < 1.29 is 17.6 Å². The number of hydrogen-bond acceptors (Lipinski definition) is 4. The molecule has 6 nitrogen and oxygen atoms in total. The Morgan fingerprint density at radius 3 is 2.68 bits per heavy atom. The normalized spacial score (nSPS) is 12.6. The van der Waals surface area contributed by atoms with Crippen molar-refractivity contribution in [3.63, 3.8) is 0 Å². The fourth-order valence-corrected chi connectivity index (χ4v) is 3.45. The van der Waals surface area contributed by atoms with Gasteiger partial charge in [-0.2, -0.15) is 0 Å². The minimum Gasteiger partial charge on any atom is -0.349 e. The van der Waals surface area contributed by atoms with Gasteiger partial charge in [-0.1, -0.05) is 12.1 Å². The van der Waals surface area contributed by atoms with Crippen LogP contribution in [0.2, 0.25) is 0 Å². The second-order valence-electron chi connectivity index (χ2n) is 5.55. The van der Waals surface area contributed by atoms with E-state index in [9.17, 15) is 17.6 Å². The molecule has 0 bridgehead atoms. The highest BCUT2D eigenvalue weighted by Gasteiger charge is 2.20. The molecule has 0 saturated heterocycles. The highest BCUT2D eigenvalue weighted by molar-refractivity contribution is 7.89. The SMILES string of the molecule is Cc1ccc([C@H](C)NS(=O)(=O)c2cccc(C(=O)NCCF)c2)cn1. The molecule has 0 saturated carbocycles. The Morgan fingerprint density at radius 1 is 1.28 bits per heavy atom. The topological polar surface area (TPSA) is 88.2 Å². The third-order valence-corrected chi connectivity index (χ3v) is 5.09. The average molecular weight is 365 g/mol. The van der Waals surface area contributed by atoms with Gasteiger partial charge in [-0.25, -0.2) is 17.5 Å². The molecule has 2 aromatic rings. The van der Waals surface area contributed by atoms with Crippen LogP contribution in [0.25, 0.3) is 0 Å². The predicted octanol–water partition coefficient (Wildman–Crippen LogP) is 2.13. The number of amides is 1. The monoisotopic (exact) mass is 365 g/mol. The van der Waals surface area contributed by atoms with E-state index in [4.69, 9.17) is 0 Å². The number of aromatic nitrogens is 1. The van der Waals surface area contributed by atoms with Gasteiger partial charge in [-0.3, -0.25) is 9.78 Å². The molecule has 1 aromatic carbocycles. The molecule has 2 rings (SSSR count). The van der Waals surface area contributed by atoms with E-state index in [0.717, 1.165) is 11.3 Å². The van der Waals surface area contributed by atoms with E-state index < -0.39 is 28.6 Å². The second-order valence-corrected chi connectivity index (χ2v) is 7.26. The molecule has 0 radical (unpaired) electrons. The minimum absolute atomic E-state index is 0.0349. The Kier molecular flexibility index (Phi) is 6.22. The molecule has 134 valence electrons. The Morgan fingerprint density at radius 2 is 2.04 bits per heavy atom. The largest absolute Gasteiger partial charge is 0.349 e. The van der Waals surface area contributed by atoms with Crippen molar-refractivity contribution >= 4 is 15.9 Å². The van der Waals surface area contributed by atoms with E-state index >= 15 is 0 Å². The number of pyridine rings is 1. The van der Waals surface area contributed by atoms with E-state index in [1.54, 1.807) is 25.3 Å². The summed E-state index contributed by atoms with van der Waals surface area (Å²) in [4.78, 5) is 16.0. The smallest absolute Gasteiger partial charge is 0.251 e. The van der Waals surface area contributed by atoms with Crippen LogP contribution in [-0.2, 0) is 10.0 Å². The maximum absolute atomic E-state index is 12.5. The molecule has 0 aliphatic carbocycles. The Bertz CT molecular complexity index is 838. The van der Waals surface area contributed by atoms with E-state index in [2.05, 4.69) is 15.0 Å². The van der Waals surface area contributed by atoms with Crippen molar-refractivity contribution in [2.45, 2.75) is 24.8 Å². The van der Waals surface area contributed by atoms with Crippen molar-refractivity contribution in [2.75, 3.05) is 13.2 Å². The van der Waals surface area contributed by atoms with Crippen molar-refractivity contribution in [2.24, 2.45) is 0 Å². The summed E-state index contributed by atoms with van der Waals surface area (Å²) in [7, 11) is -3.83. The number of alkyl halides is 1. The molecular weight excluding hydrogens is 345 g/mol. The van der Waals surface area contributed by atoms with Crippen LogP contribution in [0, 0.1) is 6.92 Å². The molecule has 1 heterocycles. The first-order valence-electron chi connectivity index (χ1n) is 7.72. The number of benzene rings is 1. The lowest BCUT2D eigenvalue weighted by Gasteiger charge is -2.15. The Balaban J connectivity index is 2.18. The van der Waals surface area contributed by atoms with Crippen molar-refractivity contribution in [1.82, 2.24) is 15.0 Å². The van der Waals surface area contributed by atoms with Gasteiger partial charge in [0, 0.05) is 30.0 Å². The van der Waals surface area contributed by atoms with Crippen molar-refractivity contribution in [1.29, 1.82) is 0 Å².